The predicted octanol–water partition coefficient (Wildman–Crippen LogP) is -0.643. The maximum absolute atomic E-state index is 12.7. The van der Waals surface area contributed by atoms with E-state index in [1.54, 1.807) is 18.3 Å². The Morgan fingerprint density at radius 1 is 1.33 bits per heavy atom. The molecule has 0 unspecified atom stereocenters. The second kappa shape index (κ2) is 8.07. The number of nitrogens with one attached hydrogen (secondary N) is 3. The number of hydrogen-bond acceptors (Lipinski definition) is 6. The molecule has 3 heterocycles. The van der Waals surface area contributed by atoms with E-state index in [-0.39, 0.29) is 30.7 Å². The van der Waals surface area contributed by atoms with Crippen LogP contribution in [0.1, 0.15) is 40.0 Å². The molecule has 5 N–H and O–H groups in total. The van der Waals surface area contributed by atoms with E-state index in [0.717, 1.165) is 11.1 Å². The van der Waals surface area contributed by atoms with E-state index < -0.39 is 18.0 Å². The fourth-order valence-electron chi connectivity index (χ4n) is 3.78. The molecule has 0 spiro atoms. The van der Waals surface area contributed by atoms with Crippen LogP contribution in [0.25, 0.3) is 0 Å². The second-order valence-electron chi connectivity index (χ2n) is 7.48. The molecule has 2 aromatic rings. The van der Waals surface area contributed by atoms with Crippen molar-refractivity contribution in [1.29, 1.82) is 0 Å². The quantitative estimate of drug-likeness (QED) is 0.465. The van der Waals surface area contributed by atoms with Crippen molar-refractivity contribution < 1.29 is 19.2 Å². The lowest BCUT2D eigenvalue weighted by Gasteiger charge is -2.29. The lowest BCUT2D eigenvalue weighted by Crippen LogP contribution is -2.52. The first-order valence-electron chi connectivity index (χ1n) is 9.70. The van der Waals surface area contributed by atoms with Gasteiger partial charge in [0.05, 0.1) is 18.1 Å². The zero-order chi connectivity index (χ0) is 21.3. The van der Waals surface area contributed by atoms with E-state index in [1.807, 2.05) is 6.07 Å². The van der Waals surface area contributed by atoms with Crippen molar-refractivity contribution in [3.63, 3.8) is 0 Å². The summed E-state index contributed by atoms with van der Waals surface area (Å²) in [6.45, 7) is 0.563. The number of aromatic nitrogens is 2. The Morgan fingerprint density at radius 3 is 2.90 bits per heavy atom. The number of carbonyl (C=O) groups is 4. The van der Waals surface area contributed by atoms with Crippen LogP contribution >= 0.6 is 0 Å². The van der Waals surface area contributed by atoms with Gasteiger partial charge in [0.1, 0.15) is 6.04 Å². The van der Waals surface area contributed by atoms with Crippen LogP contribution in [0.15, 0.2) is 30.7 Å². The number of amides is 4. The number of benzene rings is 1. The van der Waals surface area contributed by atoms with Crippen LogP contribution in [0, 0.1) is 0 Å². The molecule has 1 aromatic carbocycles. The van der Waals surface area contributed by atoms with E-state index in [1.165, 1.54) is 11.2 Å². The summed E-state index contributed by atoms with van der Waals surface area (Å²) in [5.74, 6) is -1.27. The Labute approximate surface area is 172 Å². The highest BCUT2D eigenvalue weighted by atomic mass is 16.2. The zero-order valence-corrected chi connectivity index (χ0v) is 16.2. The molecular formula is C20H22N6O4. The monoisotopic (exact) mass is 410 g/mol. The van der Waals surface area contributed by atoms with Crippen molar-refractivity contribution in [2.45, 2.75) is 44.4 Å². The van der Waals surface area contributed by atoms with Crippen molar-refractivity contribution >= 4 is 23.6 Å². The largest absolute Gasteiger partial charge is 0.351 e. The number of fused-ring (bicyclic) bond motifs is 1. The Hall–Kier alpha value is -3.53. The topological polar surface area (TPSA) is 150 Å². The van der Waals surface area contributed by atoms with E-state index in [9.17, 15) is 19.2 Å². The first kappa shape index (κ1) is 19.8. The fourth-order valence-corrected chi connectivity index (χ4v) is 3.78. The first-order chi connectivity index (χ1) is 14.4. The Bertz CT molecular complexity index is 1000. The van der Waals surface area contributed by atoms with Crippen molar-refractivity contribution in [3.8, 4) is 0 Å². The summed E-state index contributed by atoms with van der Waals surface area (Å²) in [4.78, 5) is 56.8. The van der Waals surface area contributed by atoms with Crippen LogP contribution in [0.4, 0.5) is 0 Å². The maximum atomic E-state index is 12.7. The van der Waals surface area contributed by atoms with Gasteiger partial charge < -0.3 is 20.9 Å². The lowest BCUT2D eigenvalue weighted by molar-refractivity contribution is -0.137. The smallest absolute Gasteiger partial charge is 0.255 e. The molecule has 10 heteroatoms. The Balaban J connectivity index is 1.37. The number of nitrogens with two attached hydrogens (primary N) is 1. The molecule has 156 valence electrons. The van der Waals surface area contributed by atoms with Gasteiger partial charge in [-0.2, -0.15) is 0 Å². The van der Waals surface area contributed by atoms with E-state index in [0.29, 0.717) is 30.6 Å². The highest BCUT2D eigenvalue weighted by Crippen LogP contribution is 2.28. The highest BCUT2D eigenvalue weighted by Gasteiger charge is 2.39. The Kier molecular flexibility index (Phi) is 5.32. The summed E-state index contributed by atoms with van der Waals surface area (Å²) >= 11 is 0. The minimum Gasteiger partial charge on any atom is -0.351 e. The van der Waals surface area contributed by atoms with E-state index in [2.05, 4.69) is 20.6 Å². The van der Waals surface area contributed by atoms with Gasteiger partial charge in [0, 0.05) is 37.7 Å². The van der Waals surface area contributed by atoms with Crippen molar-refractivity contribution in [1.82, 2.24) is 25.5 Å². The van der Waals surface area contributed by atoms with Gasteiger partial charge >= 0.3 is 0 Å². The molecule has 0 aliphatic carbocycles. The third kappa shape index (κ3) is 3.94. The summed E-state index contributed by atoms with van der Waals surface area (Å²) in [6.07, 6.45) is 4.09. The normalized spacial score (nSPS) is 19.4. The first-order valence-corrected chi connectivity index (χ1v) is 9.70. The molecular weight excluding hydrogens is 388 g/mol. The van der Waals surface area contributed by atoms with Crippen LogP contribution in [0.2, 0.25) is 0 Å². The minimum atomic E-state index is -0.715. The number of piperidine rings is 1. The van der Waals surface area contributed by atoms with Crippen LogP contribution in [-0.4, -0.2) is 50.6 Å². The van der Waals surface area contributed by atoms with Gasteiger partial charge in [0.2, 0.25) is 17.7 Å². The van der Waals surface area contributed by atoms with Gasteiger partial charge in [-0.1, -0.05) is 12.1 Å². The maximum Gasteiger partial charge on any atom is 0.255 e. The molecule has 1 saturated heterocycles. The SMILES string of the molecule is N[C@@H](Cc1c[nH]cn1)C(=O)NCc1ccc2c(c1)CN([C@H]1CCC(=O)NC1=O)C2=O. The standard InChI is InChI=1S/C20H22N6O4/c21-15(6-13-8-22-10-24-13)18(28)23-7-11-1-2-14-12(5-11)9-26(20(14)30)16-3-4-17(27)25-19(16)29/h1-2,5,8,10,15-16H,3-4,6-7,9,21H2,(H,22,24)(H,23,28)(H,25,27,29)/t15-,16-/m0/s1. The average Bonchev–Trinajstić information content (AvgIpc) is 3.34. The molecule has 10 nitrogen and oxygen atoms in total. The van der Waals surface area contributed by atoms with E-state index >= 15 is 0 Å². The number of aromatic amines is 1. The highest BCUT2D eigenvalue weighted by molar-refractivity contribution is 6.05. The molecule has 0 saturated carbocycles. The molecule has 0 radical (unpaired) electrons. The molecule has 0 bridgehead atoms. The number of hydrogen-bond donors (Lipinski definition) is 4. The molecule has 2 aliphatic heterocycles. The molecule has 1 fully saturated rings. The summed E-state index contributed by atoms with van der Waals surface area (Å²) in [5.41, 5.74) is 8.78. The summed E-state index contributed by atoms with van der Waals surface area (Å²) in [6, 6.07) is 3.95. The average molecular weight is 410 g/mol. The number of nitrogens with zero attached hydrogens (tertiary/aromatic N) is 2. The van der Waals surface area contributed by atoms with Crippen molar-refractivity contribution in [2.24, 2.45) is 5.73 Å². The van der Waals surface area contributed by atoms with Crippen molar-refractivity contribution in [2.75, 3.05) is 0 Å². The van der Waals surface area contributed by atoms with Gasteiger partial charge in [-0.05, 0) is 23.6 Å². The molecule has 30 heavy (non-hydrogen) atoms. The van der Waals surface area contributed by atoms with Crippen LogP contribution in [0.5, 0.6) is 0 Å². The number of H-pyrrole nitrogens is 1. The van der Waals surface area contributed by atoms with Gasteiger partial charge in [-0.15, -0.1) is 0 Å². The third-order valence-corrected chi connectivity index (χ3v) is 5.38. The molecule has 2 aliphatic rings. The Morgan fingerprint density at radius 2 is 2.17 bits per heavy atom. The van der Waals surface area contributed by atoms with Gasteiger partial charge in [0.25, 0.3) is 5.91 Å². The van der Waals surface area contributed by atoms with Crippen LogP contribution in [-0.2, 0) is 33.9 Å². The van der Waals surface area contributed by atoms with E-state index in [4.69, 9.17) is 5.73 Å². The second-order valence-corrected chi connectivity index (χ2v) is 7.48. The molecule has 2 atom stereocenters. The van der Waals surface area contributed by atoms with Gasteiger partial charge in [0.15, 0.2) is 0 Å². The van der Waals surface area contributed by atoms with Gasteiger partial charge in [-0.3, -0.25) is 24.5 Å². The zero-order valence-electron chi connectivity index (χ0n) is 16.2. The molecule has 1 aromatic heterocycles. The lowest BCUT2D eigenvalue weighted by atomic mass is 10.0. The molecule has 4 amide bonds. The summed E-state index contributed by atoms with van der Waals surface area (Å²) < 4.78 is 0. The fraction of sp³-hybridized carbons (Fsp3) is 0.350. The van der Waals surface area contributed by atoms with Crippen LogP contribution < -0.4 is 16.4 Å². The number of imidazole rings is 1. The minimum absolute atomic E-state index is 0.215. The third-order valence-electron chi connectivity index (χ3n) is 5.38. The summed E-state index contributed by atoms with van der Waals surface area (Å²) in [5, 5.41) is 5.08. The number of rotatable bonds is 6. The summed E-state index contributed by atoms with van der Waals surface area (Å²) in [7, 11) is 0. The molecule has 4 rings (SSSR count). The van der Waals surface area contributed by atoms with Crippen molar-refractivity contribution in [3.05, 3.63) is 53.1 Å². The predicted molar refractivity (Wildman–Crippen MR) is 105 cm³/mol. The number of imide groups is 1. The van der Waals surface area contributed by atoms with Gasteiger partial charge in [-0.25, -0.2) is 4.98 Å². The number of carbonyl (C=O) groups excluding carboxylic acids is 4. The van der Waals surface area contributed by atoms with Crippen LogP contribution in [0.3, 0.4) is 0 Å².